The first-order valence-electron chi connectivity index (χ1n) is 7.15. The highest BCUT2D eigenvalue weighted by molar-refractivity contribution is 5.97. The molecule has 0 saturated heterocycles. The number of hydrogen-bond donors (Lipinski definition) is 2. The van der Waals surface area contributed by atoms with Gasteiger partial charge in [-0.05, 0) is 6.92 Å². The van der Waals surface area contributed by atoms with Crippen LogP contribution in [-0.4, -0.2) is 44.4 Å². The first-order valence-corrected chi connectivity index (χ1v) is 7.15. The molecule has 0 aliphatic carbocycles. The van der Waals surface area contributed by atoms with Crippen molar-refractivity contribution in [2.75, 3.05) is 26.8 Å². The Morgan fingerprint density at radius 2 is 1.55 bits per heavy atom. The SMILES string of the molecule is COCC(=O)NCCNC(=O)CCC(=O)c1ccc(C)cc1. The molecule has 6 nitrogen and oxygen atoms in total. The zero-order chi connectivity index (χ0) is 16.4. The number of rotatable bonds is 9. The summed E-state index contributed by atoms with van der Waals surface area (Å²) in [6.07, 6.45) is 0.309. The van der Waals surface area contributed by atoms with E-state index < -0.39 is 0 Å². The number of carbonyl (C=O) groups excluding carboxylic acids is 3. The van der Waals surface area contributed by atoms with Gasteiger partial charge < -0.3 is 15.4 Å². The summed E-state index contributed by atoms with van der Waals surface area (Å²) in [6, 6.07) is 7.27. The van der Waals surface area contributed by atoms with Gasteiger partial charge in [-0.25, -0.2) is 0 Å². The van der Waals surface area contributed by atoms with Crippen molar-refractivity contribution in [3.8, 4) is 0 Å². The van der Waals surface area contributed by atoms with Crippen LogP contribution in [0, 0.1) is 6.92 Å². The van der Waals surface area contributed by atoms with Gasteiger partial charge in [-0.15, -0.1) is 0 Å². The van der Waals surface area contributed by atoms with Gasteiger partial charge in [0.2, 0.25) is 11.8 Å². The van der Waals surface area contributed by atoms with Gasteiger partial charge in [-0.2, -0.15) is 0 Å². The fourth-order valence-corrected chi connectivity index (χ4v) is 1.79. The van der Waals surface area contributed by atoms with E-state index >= 15 is 0 Å². The zero-order valence-corrected chi connectivity index (χ0v) is 13.0. The van der Waals surface area contributed by atoms with E-state index in [1.807, 2.05) is 19.1 Å². The largest absolute Gasteiger partial charge is 0.375 e. The Bertz CT molecular complexity index is 511. The molecule has 1 aromatic rings. The van der Waals surface area contributed by atoms with E-state index in [1.54, 1.807) is 12.1 Å². The third-order valence-corrected chi connectivity index (χ3v) is 3.00. The van der Waals surface area contributed by atoms with Gasteiger partial charge in [0.25, 0.3) is 0 Å². The molecule has 1 aromatic carbocycles. The van der Waals surface area contributed by atoms with E-state index in [0.29, 0.717) is 18.7 Å². The van der Waals surface area contributed by atoms with E-state index in [1.165, 1.54) is 7.11 Å². The number of amides is 2. The molecule has 0 aliphatic rings. The van der Waals surface area contributed by atoms with Gasteiger partial charge in [0.05, 0.1) is 0 Å². The van der Waals surface area contributed by atoms with Crippen LogP contribution in [0.5, 0.6) is 0 Å². The number of Topliss-reactive ketones (excluding diaryl/α,β-unsaturated/α-hetero) is 1. The van der Waals surface area contributed by atoms with Crippen LogP contribution in [0.2, 0.25) is 0 Å². The van der Waals surface area contributed by atoms with Crippen molar-refractivity contribution in [2.24, 2.45) is 0 Å². The van der Waals surface area contributed by atoms with Crippen LogP contribution >= 0.6 is 0 Å². The minimum Gasteiger partial charge on any atom is -0.375 e. The number of hydrogen-bond acceptors (Lipinski definition) is 4. The highest BCUT2D eigenvalue weighted by Crippen LogP contribution is 2.07. The summed E-state index contributed by atoms with van der Waals surface area (Å²) in [5.74, 6) is -0.490. The maximum atomic E-state index is 11.9. The van der Waals surface area contributed by atoms with Crippen LogP contribution < -0.4 is 10.6 Å². The second kappa shape index (κ2) is 9.68. The van der Waals surface area contributed by atoms with Crippen molar-refractivity contribution >= 4 is 17.6 Å². The summed E-state index contributed by atoms with van der Waals surface area (Å²) in [7, 11) is 1.44. The maximum Gasteiger partial charge on any atom is 0.246 e. The third-order valence-electron chi connectivity index (χ3n) is 3.00. The predicted molar refractivity (Wildman–Crippen MR) is 82.6 cm³/mol. The Morgan fingerprint density at radius 3 is 2.14 bits per heavy atom. The number of benzene rings is 1. The molecule has 120 valence electrons. The molecule has 0 radical (unpaired) electrons. The van der Waals surface area contributed by atoms with Crippen LogP contribution in [0.1, 0.15) is 28.8 Å². The Labute approximate surface area is 130 Å². The molecule has 0 fully saturated rings. The summed E-state index contributed by atoms with van der Waals surface area (Å²) in [6.45, 7) is 2.61. The standard InChI is InChI=1S/C16H22N2O4/c1-12-3-5-13(6-4-12)14(19)7-8-15(20)17-9-10-18-16(21)11-22-2/h3-6H,7-11H2,1-2H3,(H,17,20)(H,18,21). The van der Waals surface area contributed by atoms with E-state index in [2.05, 4.69) is 15.4 Å². The lowest BCUT2D eigenvalue weighted by atomic mass is 10.1. The number of aryl methyl sites for hydroxylation is 1. The van der Waals surface area contributed by atoms with Crippen LogP contribution in [0.4, 0.5) is 0 Å². The molecule has 0 aromatic heterocycles. The molecule has 0 spiro atoms. The van der Waals surface area contributed by atoms with Gasteiger partial charge in [0.1, 0.15) is 6.61 Å². The first-order chi connectivity index (χ1) is 10.5. The van der Waals surface area contributed by atoms with Crippen LogP contribution in [0.3, 0.4) is 0 Å². The zero-order valence-electron chi connectivity index (χ0n) is 13.0. The van der Waals surface area contributed by atoms with Gasteiger partial charge in [0, 0.05) is 38.6 Å². The fourth-order valence-electron chi connectivity index (χ4n) is 1.79. The summed E-state index contributed by atoms with van der Waals surface area (Å²) in [4.78, 5) is 34.6. The molecule has 22 heavy (non-hydrogen) atoms. The van der Waals surface area contributed by atoms with E-state index in [0.717, 1.165) is 5.56 Å². The van der Waals surface area contributed by atoms with Gasteiger partial charge in [-0.3, -0.25) is 14.4 Å². The number of ether oxygens (including phenoxy) is 1. The minimum atomic E-state index is -0.230. The molecule has 0 heterocycles. The first kappa shape index (κ1) is 17.8. The number of ketones is 1. The van der Waals surface area contributed by atoms with Crippen molar-refractivity contribution in [2.45, 2.75) is 19.8 Å². The quantitative estimate of drug-likeness (QED) is 0.523. The van der Waals surface area contributed by atoms with Crippen molar-refractivity contribution in [3.63, 3.8) is 0 Å². The van der Waals surface area contributed by atoms with E-state index in [4.69, 9.17) is 0 Å². The molecule has 2 amide bonds. The molecule has 2 N–H and O–H groups in total. The number of carbonyl (C=O) groups is 3. The highest BCUT2D eigenvalue weighted by Gasteiger charge is 2.09. The Hall–Kier alpha value is -2.21. The molecule has 6 heteroatoms. The van der Waals surface area contributed by atoms with E-state index in [-0.39, 0.29) is 37.0 Å². The lowest BCUT2D eigenvalue weighted by Crippen LogP contribution is -2.36. The lowest BCUT2D eigenvalue weighted by molar-refractivity contribution is -0.125. The molecule has 0 saturated carbocycles. The molecule has 0 aliphatic heterocycles. The second-order valence-corrected chi connectivity index (χ2v) is 4.92. The maximum absolute atomic E-state index is 11.9. The predicted octanol–water partition coefficient (Wildman–Crippen LogP) is 0.837. The molecule has 0 atom stereocenters. The molecular weight excluding hydrogens is 284 g/mol. The fraction of sp³-hybridized carbons (Fsp3) is 0.438. The Kier molecular flexibility index (Phi) is 7.85. The van der Waals surface area contributed by atoms with E-state index in [9.17, 15) is 14.4 Å². The van der Waals surface area contributed by atoms with Crippen LogP contribution in [-0.2, 0) is 14.3 Å². The molecule has 0 bridgehead atoms. The van der Waals surface area contributed by atoms with Crippen molar-refractivity contribution in [1.82, 2.24) is 10.6 Å². The van der Waals surface area contributed by atoms with Gasteiger partial charge in [-0.1, -0.05) is 29.8 Å². The molecule has 1 rings (SSSR count). The summed E-state index contributed by atoms with van der Waals surface area (Å²) in [5.41, 5.74) is 1.70. The smallest absolute Gasteiger partial charge is 0.246 e. The normalized spacial score (nSPS) is 10.1. The second-order valence-electron chi connectivity index (χ2n) is 4.92. The Balaban J connectivity index is 2.19. The summed E-state index contributed by atoms with van der Waals surface area (Å²) in [5, 5.41) is 5.24. The van der Waals surface area contributed by atoms with Crippen LogP contribution in [0.15, 0.2) is 24.3 Å². The van der Waals surface area contributed by atoms with Crippen molar-refractivity contribution in [1.29, 1.82) is 0 Å². The lowest BCUT2D eigenvalue weighted by Gasteiger charge is -2.06. The average molecular weight is 306 g/mol. The Morgan fingerprint density at radius 1 is 0.955 bits per heavy atom. The minimum absolute atomic E-state index is 0.000994. The summed E-state index contributed by atoms with van der Waals surface area (Å²) < 4.78 is 4.66. The van der Waals surface area contributed by atoms with Crippen molar-refractivity contribution in [3.05, 3.63) is 35.4 Å². The third kappa shape index (κ3) is 6.99. The van der Waals surface area contributed by atoms with Gasteiger partial charge >= 0.3 is 0 Å². The molecule has 0 unspecified atom stereocenters. The highest BCUT2D eigenvalue weighted by atomic mass is 16.5. The van der Waals surface area contributed by atoms with Crippen LogP contribution in [0.25, 0.3) is 0 Å². The van der Waals surface area contributed by atoms with Gasteiger partial charge in [0.15, 0.2) is 5.78 Å². The monoisotopic (exact) mass is 306 g/mol. The average Bonchev–Trinajstić information content (AvgIpc) is 2.50. The molecular formula is C16H22N2O4. The van der Waals surface area contributed by atoms with Crippen molar-refractivity contribution < 1.29 is 19.1 Å². The number of nitrogens with one attached hydrogen (secondary N) is 2. The number of methoxy groups -OCH3 is 1. The topological polar surface area (TPSA) is 84.5 Å². The summed E-state index contributed by atoms with van der Waals surface area (Å²) >= 11 is 0.